The van der Waals surface area contributed by atoms with Crippen molar-refractivity contribution >= 4 is 11.4 Å². The predicted octanol–water partition coefficient (Wildman–Crippen LogP) is 4.09. The van der Waals surface area contributed by atoms with Gasteiger partial charge in [-0.2, -0.15) is 0 Å². The molecular weight excluding hydrogens is 334 g/mol. The third kappa shape index (κ3) is 4.51. The zero-order valence-electron chi connectivity index (χ0n) is 16.2. The first kappa shape index (κ1) is 18.1. The van der Waals surface area contributed by atoms with Gasteiger partial charge in [0.05, 0.1) is 5.71 Å². The fourth-order valence-electron chi connectivity index (χ4n) is 4.06. The average Bonchev–Trinajstić information content (AvgIpc) is 3.19. The van der Waals surface area contributed by atoms with Crippen molar-refractivity contribution in [3.63, 3.8) is 0 Å². The number of hydrogen-bond donors (Lipinski definition) is 0. The Morgan fingerprint density at radius 1 is 0.963 bits per heavy atom. The molecule has 2 heterocycles. The van der Waals surface area contributed by atoms with Crippen LogP contribution in [-0.4, -0.2) is 49.4 Å². The first-order valence-electron chi connectivity index (χ1n) is 10.1. The summed E-state index contributed by atoms with van der Waals surface area (Å²) in [6.07, 6.45) is 3.43. The van der Waals surface area contributed by atoms with Crippen LogP contribution in [0.5, 0.6) is 0 Å². The second-order valence-corrected chi connectivity index (χ2v) is 7.59. The molecular formula is C23H29N3O. The molecule has 1 atom stereocenters. The molecule has 1 saturated heterocycles. The Hall–Kier alpha value is -2.33. The van der Waals surface area contributed by atoms with Gasteiger partial charge in [-0.1, -0.05) is 53.7 Å². The molecule has 0 radical (unpaired) electrons. The Morgan fingerprint density at radius 2 is 1.70 bits per heavy atom. The van der Waals surface area contributed by atoms with Gasteiger partial charge in [-0.25, -0.2) is 0 Å². The molecule has 1 unspecified atom stereocenters. The van der Waals surface area contributed by atoms with Crippen molar-refractivity contribution in [2.75, 3.05) is 37.6 Å². The zero-order chi connectivity index (χ0) is 18.5. The van der Waals surface area contributed by atoms with Crippen LogP contribution in [0.1, 0.15) is 30.4 Å². The molecule has 4 nitrogen and oxygen atoms in total. The van der Waals surface area contributed by atoms with Crippen molar-refractivity contribution in [3.8, 4) is 0 Å². The van der Waals surface area contributed by atoms with E-state index in [2.05, 4.69) is 70.4 Å². The highest BCUT2D eigenvalue weighted by Gasteiger charge is 2.23. The van der Waals surface area contributed by atoms with Gasteiger partial charge in [-0.3, -0.25) is 4.90 Å². The van der Waals surface area contributed by atoms with E-state index in [-0.39, 0.29) is 6.10 Å². The molecule has 142 valence electrons. The summed E-state index contributed by atoms with van der Waals surface area (Å²) in [4.78, 5) is 10.8. The number of piperazine rings is 1. The molecule has 4 heteroatoms. The van der Waals surface area contributed by atoms with Gasteiger partial charge in [0, 0.05) is 38.3 Å². The monoisotopic (exact) mass is 363 g/mol. The number of nitrogens with zero attached hydrogens (tertiary/aromatic N) is 3. The van der Waals surface area contributed by atoms with Gasteiger partial charge >= 0.3 is 0 Å². The van der Waals surface area contributed by atoms with E-state index >= 15 is 0 Å². The molecule has 0 aliphatic carbocycles. The molecule has 0 saturated carbocycles. The van der Waals surface area contributed by atoms with Gasteiger partial charge in [-0.15, -0.1) is 0 Å². The highest BCUT2D eigenvalue weighted by molar-refractivity contribution is 6.01. The molecule has 2 aliphatic heterocycles. The van der Waals surface area contributed by atoms with Crippen LogP contribution in [0.25, 0.3) is 0 Å². The van der Waals surface area contributed by atoms with Crippen molar-refractivity contribution < 1.29 is 4.84 Å². The molecule has 0 bridgehead atoms. The molecule has 1 fully saturated rings. The number of para-hydroxylation sites is 1. The third-order valence-corrected chi connectivity index (χ3v) is 5.67. The molecule has 0 aromatic heterocycles. The van der Waals surface area contributed by atoms with Crippen LogP contribution in [0.3, 0.4) is 0 Å². The van der Waals surface area contributed by atoms with Crippen molar-refractivity contribution in [1.29, 1.82) is 0 Å². The molecule has 0 N–H and O–H groups in total. The summed E-state index contributed by atoms with van der Waals surface area (Å²) in [7, 11) is 0. The lowest BCUT2D eigenvalue weighted by Gasteiger charge is -2.36. The Kier molecular flexibility index (Phi) is 5.73. The van der Waals surface area contributed by atoms with E-state index in [1.54, 1.807) is 0 Å². The lowest BCUT2D eigenvalue weighted by Crippen LogP contribution is -2.46. The van der Waals surface area contributed by atoms with E-state index in [1.165, 1.54) is 23.2 Å². The largest absolute Gasteiger partial charge is 0.392 e. The summed E-state index contributed by atoms with van der Waals surface area (Å²) in [5.41, 5.74) is 5.04. The lowest BCUT2D eigenvalue weighted by atomic mass is 10.0. The van der Waals surface area contributed by atoms with Crippen LogP contribution in [0.4, 0.5) is 5.69 Å². The highest BCUT2D eigenvalue weighted by atomic mass is 16.6. The number of aryl methyl sites for hydroxylation is 1. The Balaban J connectivity index is 1.17. The minimum absolute atomic E-state index is 0.244. The van der Waals surface area contributed by atoms with Gasteiger partial charge in [0.15, 0.2) is 0 Å². The van der Waals surface area contributed by atoms with Crippen molar-refractivity contribution in [2.24, 2.45) is 5.16 Å². The molecule has 27 heavy (non-hydrogen) atoms. The fourth-order valence-corrected chi connectivity index (χ4v) is 4.06. The second-order valence-electron chi connectivity index (χ2n) is 7.59. The normalized spacial score (nSPS) is 20.4. The Morgan fingerprint density at radius 3 is 2.48 bits per heavy atom. The maximum Gasteiger partial charge on any atom is 0.133 e. The second kappa shape index (κ2) is 8.57. The Labute approximate surface area is 162 Å². The van der Waals surface area contributed by atoms with Crippen molar-refractivity contribution in [1.82, 2.24) is 4.90 Å². The molecule has 0 spiro atoms. The van der Waals surface area contributed by atoms with Crippen LogP contribution >= 0.6 is 0 Å². The summed E-state index contributed by atoms with van der Waals surface area (Å²) in [6.45, 7) is 7.88. The summed E-state index contributed by atoms with van der Waals surface area (Å²) in [5, 5.41) is 4.30. The minimum Gasteiger partial charge on any atom is -0.392 e. The topological polar surface area (TPSA) is 28.1 Å². The fraction of sp³-hybridized carbons (Fsp3) is 0.435. The van der Waals surface area contributed by atoms with Crippen LogP contribution in [0.2, 0.25) is 0 Å². The van der Waals surface area contributed by atoms with E-state index < -0.39 is 0 Å². The quantitative estimate of drug-likeness (QED) is 0.774. The molecule has 2 aromatic carbocycles. The summed E-state index contributed by atoms with van der Waals surface area (Å²) < 4.78 is 0. The highest BCUT2D eigenvalue weighted by Crippen LogP contribution is 2.22. The lowest BCUT2D eigenvalue weighted by molar-refractivity contribution is 0.0745. The Bertz CT molecular complexity index is 766. The van der Waals surface area contributed by atoms with E-state index in [1.807, 2.05) is 6.07 Å². The van der Waals surface area contributed by atoms with Crippen molar-refractivity contribution in [2.45, 2.75) is 32.3 Å². The standard InChI is InChI=1S/C23H29N3O/c1-19-8-5-6-12-23(19)26-16-14-25(15-17-26)13-7-11-21-18-22(24-27-21)20-9-3-2-4-10-20/h2-6,8-10,12,21H,7,11,13-18H2,1H3. The van der Waals surface area contributed by atoms with E-state index in [4.69, 9.17) is 4.84 Å². The third-order valence-electron chi connectivity index (χ3n) is 5.67. The average molecular weight is 364 g/mol. The first-order chi connectivity index (χ1) is 13.3. The smallest absolute Gasteiger partial charge is 0.133 e. The van der Waals surface area contributed by atoms with E-state index in [9.17, 15) is 0 Å². The zero-order valence-corrected chi connectivity index (χ0v) is 16.2. The van der Waals surface area contributed by atoms with Crippen LogP contribution in [0, 0.1) is 6.92 Å². The number of anilines is 1. The van der Waals surface area contributed by atoms with E-state index in [0.29, 0.717) is 0 Å². The van der Waals surface area contributed by atoms with Gasteiger partial charge in [0.25, 0.3) is 0 Å². The summed E-state index contributed by atoms with van der Waals surface area (Å²) >= 11 is 0. The minimum atomic E-state index is 0.244. The van der Waals surface area contributed by atoms with Gasteiger partial charge < -0.3 is 9.74 Å². The molecule has 2 aliphatic rings. The molecule has 2 aromatic rings. The van der Waals surface area contributed by atoms with Crippen LogP contribution in [0.15, 0.2) is 59.8 Å². The number of benzene rings is 2. The van der Waals surface area contributed by atoms with Gasteiger partial charge in [-0.05, 0) is 43.5 Å². The van der Waals surface area contributed by atoms with Gasteiger partial charge in [0.2, 0.25) is 0 Å². The predicted molar refractivity (Wildman–Crippen MR) is 112 cm³/mol. The number of hydrogen-bond acceptors (Lipinski definition) is 4. The van der Waals surface area contributed by atoms with Crippen molar-refractivity contribution in [3.05, 3.63) is 65.7 Å². The maximum absolute atomic E-state index is 5.66. The SMILES string of the molecule is Cc1ccccc1N1CCN(CCCC2CC(c3ccccc3)=NO2)CC1. The summed E-state index contributed by atoms with van der Waals surface area (Å²) in [5.74, 6) is 0. The van der Waals surface area contributed by atoms with Gasteiger partial charge in [0.1, 0.15) is 6.10 Å². The molecule has 4 rings (SSSR count). The first-order valence-corrected chi connectivity index (χ1v) is 10.1. The number of rotatable bonds is 6. The number of oxime groups is 1. The maximum atomic E-state index is 5.66. The molecule has 0 amide bonds. The summed E-state index contributed by atoms with van der Waals surface area (Å²) in [6, 6.07) is 19.1. The van der Waals surface area contributed by atoms with Crippen LogP contribution in [-0.2, 0) is 4.84 Å². The van der Waals surface area contributed by atoms with E-state index in [0.717, 1.165) is 51.3 Å². The van der Waals surface area contributed by atoms with Crippen LogP contribution < -0.4 is 4.90 Å².